The fourth-order valence-electron chi connectivity index (χ4n) is 1.93. The van der Waals surface area contributed by atoms with Crippen LogP contribution in [-0.2, 0) is 4.74 Å². The third-order valence-electron chi connectivity index (χ3n) is 3.18. The van der Waals surface area contributed by atoms with Gasteiger partial charge in [-0.05, 0) is 51.5 Å². The minimum absolute atomic E-state index is 0.182. The molecule has 0 aliphatic carbocycles. The molecule has 1 rings (SSSR count). The van der Waals surface area contributed by atoms with Crippen LogP contribution in [0.4, 0.5) is 0 Å². The van der Waals surface area contributed by atoms with Crippen molar-refractivity contribution < 1.29 is 9.53 Å². The summed E-state index contributed by atoms with van der Waals surface area (Å²) >= 11 is 0. The second-order valence-electron chi connectivity index (χ2n) is 6.32. The highest BCUT2D eigenvalue weighted by Crippen LogP contribution is 2.06. The molecule has 0 atom stereocenters. The van der Waals surface area contributed by atoms with Gasteiger partial charge < -0.3 is 9.64 Å². The van der Waals surface area contributed by atoms with Gasteiger partial charge in [0.15, 0.2) is 0 Å². The van der Waals surface area contributed by atoms with Crippen molar-refractivity contribution in [1.29, 1.82) is 0 Å². The number of carbonyl (C=O) groups is 1. The van der Waals surface area contributed by atoms with Crippen LogP contribution >= 0.6 is 0 Å². The molecule has 0 aliphatic heterocycles. The van der Waals surface area contributed by atoms with Gasteiger partial charge in [-0.3, -0.25) is 10.1 Å². The van der Waals surface area contributed by atoms with Gasteiger partial charge in [0.1, 0.15) is 0 Å². The first-order chi connectivity index (χ1) is 10.9. The van der Waals surface area contributed by atoms with E-state index in [0.717, 1.165) is 18.5 Å². The predicted molar refractivity (Wildman–Crippen MR) is 94.9 cm³/mol. The Kier molecular flexibility index (Phi) is 8.33. The number of amidine groups is 1. The van der Waals surface area contributed by atoms with Crippen molar-refractivity contribution in [2.75, 3.05) is 33.8 Å². The van der Waals surface area contributed by atoms with Crippen LogP contribution in [0.25, 0.3) is 0 Å². The number of carbonyl (C=O) groups excluding carboxylic acids is 1. The molecule has 0 saturated heterocycles. The lowest BCUT2D eigenvalue weighted by atomic mass is 10.1. The summed E-state index contributed by atoms with van der Waals surface area (Å²) in [5, 5.41) is 2.79. The first kappa shape index (κ1) is 19.2. The summed E-state index contributed by atoms with van der Waals surface area (Å²) in [6.45, 7) is 8.14. The number of nitrogens with one attached hydrogen (secondary N) is 1. The molecule has 0 saturated carbocycles. The van der Waals surface area contributed by atoms with E-state index in [0.29, 0.717) is 30.7 Å². The van der Waals surface area contributed by atoms with Gasteiger partial charge in [-0.25, -0.2) is 4.99 Å². The van der Waals surface area contributed by atoms with Crippen LogP contribution in [0.5, 0.6) is 0 Å². The van der Waals surface area contributed by atoms with E-state index < -0.39 is 0 Å². The van der Waals surface area contributed by atoms with E-state index >= 15 is 0 Å². The van der Waals surface area contributed by atoms with E-state index in [2.05, 4.69) is 29.1 Å². The van der Waals surface area contributed by atoms with E-state index in [4.69, 9.17) is 4.74 Å². The van der Waals surface area contributed by atoms with Crippen molar-refractivity contribution in [3.05, 3.63) is 35.4 Å². The highest BCUT2D eigenvalue weighted by atomic mass is 16.5. The highest BCUT2D eigenvalue weighted by Gasteiger charge is 2.12. The van der Waals surface area contributed by atoms with Crippen LogP contribution in [0.2, 0.25) is 0 Å². The van der Waals surface area contributed by atoms with Crippen molar-refractivity contribution in [1.82, 2.24) is 10.2 Å². The van der Waals surface area contributed by atoms with Crippen LogP contribution in [0, 0.1) is 12.8 Å². The second-order valence-corrected chi connectivity index (χ2v) is 6.32. The maximum absolute atomic E-state index is 12.4. The third-order valence-corrected chi connectivity index (χ3v) is 3.18. The van der Waals surface area contributed by atoms with Gasteiger partial charge in [0.2, 0.25) is 0 Å². The molecule has 1 aromatic rings. The fraction of sp³-hybridized carbons (Fsp3) is 0.556. The zero-order valence-corrected chi connectivity index (χ0v) is 14.9. The van der Waals surface area contributed by atoms with Crippen molar-refractivity contribution in [2.45, 2.75) is 27.2 Å². The minimum Gasteiger partial charge on any atom is -0.465 e. The number of ether oxygens (including phenoxy) is 1. The Bertz CT molecular complexity index is 525. The van der Waals surface area contributed by atoms with Gasteiger partial charge in [-0.15, -0.1) is 0 Å². The smallest absolute Gasteiger partial charge is 0.291 e. The Morgan fingerprint density at radius 3 is 2.61 bits per heavy atom. The fourth-order valence-corrected chi connectivity index (χ4v) is 1.93. The average Bonchev–Trinajstić information content (AvgIpc) is 2.48. The molecule has 1 aromatic carbocycles. The lowest BCUT2D eigenvalue weighted by molar-refractivity contribution is 0.0962. The van der Waals surface area contributed by atoms with Crippen molar-refractivity contribution >= 4 is 11.9 Å². The molecular weight excluding hydrogens is 290 g/mol. The zero-order valence-electron chi connectivity index (χ0n) is 14.9. The van der Waals surface area contributed by atoms with Gasteiger partial charge in [-0.1, -0.05) is 32.0 Å². The summed E-state index contributed by atoms with van der Waals surface area (Å²) in [5.74, 6) is 0.190. The quantitative estimate of drug-likeness (QED) is 0.477. The molecule has 0 unspecified atom stereocenters. The van der Waals surface area contributed by atoms with Gasteiger partial charge in [0, 0.05) is 12.1 Å². The molecular formula is C18H29N3O2. The molecule has 0 heterocycles. The van der Waals surface area contributed by atoms with Crippen molar-refractivity contribution in [3.8, 4) is 0 Å². The number of nitrogens with zero attached hydrogens (tertiary/aromatic N) is 2. The summed E-state index contributed by atoms with van der Waals surface area (Å²) < 4.78 is 5.65. The molecule has 128 valence electrons. The molecule has 0 bridgehead atoms. The number of aryl methyl sites for hydroxylation is 1. The highest BCUT2D eigenvalue weighted by molar-refractivity contribution is 6.04. The largest absolute Gasteiger partial charge is 0.465 e. The Labute approximate surface area is 139 Å². The lowest BCUT2D eigenvalue weighted by Gasteiger charge is -2.14. The van der Waals surface area contributed by atoms with E-state index in [-0.39, 0.29) is 5.91 Å². The zero-order chi connectivity index (χ0) is 17.2. The maximum atomic E-state index is 12.4. The van der Waals surface area contributed by atoms with Crippen LogP contribution in [0.1, 0.15) is 36.2 Å². The molecule has 23 heavy (non-hydrogen) atoms. The Morgan fingerprint density at radius 1 is 1.30 bits per heavy atom. The number of hydrogen-bond acceptors (Lipinski definition) is 4. The van der Waals surface area contributed by atoms with Crippen LogP contribution in [-0.4, -0.2) is 50.6 Å². The van der Waals surface area contributed by atoms with Crippen LogP contribution < -0.4 is 5.32 Å². The normalized spacial score (nSPS) is 11.9. The second kappa shape index (κ2) is 10.0. The molecule has 5 heteroatoms. The predicted octanol–water partition coefficient (Wildman–Crippen LogP) is 2.71. The minimum atomic E-state index is -0.182. The monoisotopic (exact) mass is 319 g/mol. The summed E-state index contributed by atoms with van der Waals surface area (Å²) in [5.41, 5.74) is 1.57. The molecule has 1 amide bonds. The van der Waals surface area contributed by atoms with E-state index in [1.165, 1.54) is 0 Å². The molecule has 0 radical (unpaired) electrons. The number of amides is 1. The van der Waals surface area contributed by atoms with E-state index in [1.807, 2.05) is 39.2 Å². The summed E-state index contributed by atoms with van der Waals surface area (Å²) in [6, 6.07) is 7.79. The van der Waals surface area contributed by atoms with E-state index in [9.17, 15) is 4.79 Å². The summed E-state index contributed by atoms with van der Waals surface area (Å²) in [6.07, 6.45) is 0.918. The van der Waals surface area contributed by atoms with Crippen molar-refractivity contribution in [2.24, 2.45) is 10.9 Å². The molecule has 0 aliphatic rings. The molecule has 0 fully saturated rings. The SMILES string of the molecule is Cc1ccccc1C(=O)NC(=NCCCN(C)C)OCC(C)C. The van der Waals surface area contributed by atoms with Crippen LogP contribution in [0.15, 0.2) is 29.3 Å². The van der Waals surface area contributed by atoms with Gasteiger partial charge in [0.05, 0.1) is 6.61 Å². The number of hydrogen-bond donors (Lipinski definition) is 1. The molecule has 1 N–H and O–H groups in total. The lowest BCUT2D eigenvalue weighted by Crippen LogP contribution is -2.34. The Balaban J connectivity index is 2.69. The molecule has 5 nitrogen and oxygen atoms in total. The first-order valence-corrected chi connectivity index (χ1v) is 8.09. The first-order valence-electron chi connectivity index (χ1n) is 8.09. The maximum Gasteiger partial charge on any atom is 0.291 e. The third kappa shape index (κ3) is 7.79. The van der Waals surface area contributed by atoms with E-state index in [1.54, 1.807) is 6.07 Å². The topological polar surface area (TPSA) is 53.9 Å². The summed E-state index contributed by atoms with van der Waals surface area (Å²) in [4.78, 5) is 18.9. The number of aliphatic imine (C=N–C) groups is 1. The van der Waals surface area contributed by atoms with Gasteiger partial charge in [0.25, 0.3) is 11.9 Å². The Hall–Kier alpha value is -1.88. The number of rotatable bonds is 7. The number of benzene rings is 1. The van der Waals surface area contributed by atoms with Gasteiger partial charge in [-0.2, -0.15) is 0 Å². The molecule has 0 aromatic heterocycles. The molecule has 0 spiro atoms. The summed E-state index contributed by atoms with van der Waals surface area (Å²) in [7, 11) is 4.06. The average molecular weight is 319 g/mol. The van der Waals surface area contributed by atoms with Gasteiger partial charge >= 0.3 is 0 Å². The van der Waals surface area contributed by atoms with Crippen LogP contribution in [0.3, 0.4) is 0 Å². The standard InChI is InChI=1S/C18H29N3O2/c1-14(2)13-23-18(19-11-8-12-21(4)5)20-17(22)16-10-7-6-9-15(16)3/h6-7,9-10,14H,8,11-13H2,1-5H3,(H,19,20,22). The van der Waals surface area contributed by atoms with Crippen molar-refractivity contribution in [3.63, 3.8) is 0 Å². The Morgan fingerprint density at radius 2 is 2.00 bits per heavy atom.